The Balaban J connectivity index is 0.000000845. The maximum atomic E-state index is 13.2. The minimum absolute atomic E-state index is 0. The smallest absolute Gasteiger partial charge is 0.127 e. The van der Waals surface area contributed by atoms with Crippen molar-refractivity contribution in [1.82, 2.24) is 0 Å². The third-order valence-electron chi connectivity index (χ3n) is 2.30. The first-order valence-electron chi connectivity index (χ1n) is 3.92. The van der Waals surface area contributed by atoms with Crippen LogP contribution in [0.3, 0.4) is 0 Å². The van der Waals surface area contributed by atoms with Gasteiger partial charge in [0, 0.05) is 10.5 Å². The lowest BCUT2D eigenvalue weighted by atomic mass is 10.1. The molecule has 0 saturated heterocycles. The van der Waals surface area contributed by atoms with Crippen LogP contribution in [0.2, 0.25) is 0 Å². The number of nitrogens with two attached hydrogens (primary N) is 1. The molecule has 4 heteroatoms. The summed E-state index contributed by atoms with van der Waals surface area (Å²) in [4.78, 5) is 0. The van der Waals surface area contributed by atoms with Crippen LogP contribution in [0.5, 0.6) is 0 Å². The number of hydrogen-bond donors (Lipinski definition) is 1. The Hall–Kier alpha value is -0.120. The second-order valence-corrected chi connectivity index (χ2v) is 4.02. The number of fused-ring (bicyclic) bond motifs is 1. The molecule has 0 aromatic heterocycles. The summed E-state index contributed by atoms with van der Waals surface area (Å²) in [5.74, 6) is -0.132. The summed E-state index contributed by atoms with van der Waals surface area (Å²) in [6.07, 6.45) is 1.64. The Labute approximate surface area is 91.0 Å². The van der Waals surface area contributed by atoms with E-state index in [2.05, 4.69) is 15.9 Å². The zero-order valence-electron chi connectivity index (χ0n) is 6.89. The molecule has 0 unspecified atom stereocenters. The van der Waals surface area contributed by atoms with Gasteiger partial charge in [-0.25, -0.2) is 4.39 Å². The van der Waals surface area contributed by atoms with Gasteiger partial charge < -0.3 is 5.73 Å². The van der Waals surface area contributed by atoms with Crippen LogP contribution in [0.15, 0.2) is 16.6 Å². The van der Waals surface area contributed by atoms with Crippen LogP contribution >= 0.6 is 28.3 Å². The topological polar surface area (TPSA) is 26.0 Å². The average Bonchev–Trinajstić information content (AvgIpc) is 2.33. The normalized spacial score (nSPS) is 19.5. The van der Waals surface area contributed by atoms with Gasteiger partial charge in [-0.1, -0.05) is 15.9 Å². The molecule has 1 aromatic carbocycles. The SMILES string of the molecule is Cl.N[C@@H]1CCc2c(F)cc(Br)cc21. The zero-order valence-corrected chi connectivity index (χ0v) is 9.29. The standard InChI is InChI=1S/C9H9BrFN.ClH/c10-5-3-7-6(8(11)4-5)1-2-9(7)12;/h3-4,9H,1-2,12H2;1H/t9-;/m1./s1. The molecule has 0 amide bonds. The van der Waals surface area contributed by atoms with Crippen LogP contribution in [0.1, 0.15) is 23.6 Å². The Morgan fingerprint density at radius 2 is 2.15 bits per heavy atom. The van der Waals surface area contributed by atoms with Gasteiger partial charge >= 0.3 is 0 Å². The van der Waals surface area contributed by atoms with Crippen molar-refractivity contribution in [1.29, 1.82) is 0 Å². The zero-order chi connectivity index (χ0) is 8.72. The van der Waals surface area contributed by atoms with Crippen molar-refractivity contribution in [2.75, 3.05) is 0 Å². The lowest BCUT2D eigenvalue weighted by molar-refractivity contribution is 0.611. The van der Waals surface area contributed by atoms with Gasteiger partial charge in [0.15, 0.2) is 0 Å². The van der Waals surface area contributed by atoms with Crippen LogP contribution in [0.4, 0.5) is 4.39 Å². The van der Waals surface area contributed by atoms with E-state index in [0.29, 0.717) is 0 Å². The fourth-order valence-corrected chi connectivity index (χ4v) is 2.12. The van der Waals surface area contributed by atoms with Crippen molar-refractivity contribution in [2.24, 2.45) is 5.73 Å². The highest BCUT2D eigenvalue weighted by Crippen LogP contribution is 2.33. The number of benzene rings is 1. The molecule has 1 aliphatic carbocycles. The van der Waals surface area contributed by atoms with Crippen molar-refractivity contribution >= 4 is 28.3 Å². The van der Waals surface area contributed by atoms with Gasteiger partial charge in [0.25, 0.3) is 0 Å². The highest BCUT2D eigenvalue weighted by Gasteiger charge is 2.22. The Kier molecular flexibility index (Phi) is 3.33. The van der Waals surface area contributed by atoms with Gasteiger partial charge in [0.2, 0.25) is 0 Å². The van der Waals surface area contributed by atoms with Crippen molar-refractivity contribution in [2.45, 2.75) is 18.9 Å². The van der Waals surface area contributed by atoms with Crippen LogP contribution < -0.4 is 5.73 Å². The van der Waals surface area contributed by atoms with E-state index < -0.39 is 0 Å². The van der Waals surface area contributed by atoms with Gasteiger partial charge in [-0.05, 0) is 36.1 Å². The fourth-order valence-electron chi connectivity index (χ4n) is 1.67. The fraction of sp³-hybridized carbons (Fsp3) is 0.333. The van der Waals surface area contributed by atoms with Crippen LogP contribution in [-0.4, -0.2) is 0 Å². The van der Waals surface area contributed by atoms with Crippen LogP contribution in [0.25, 0.3) is 0 Å². The third-order valence-corrected chi connectivity index (χ3v) is 2.76. The number of hydrogen-bond acceptors (Lipinski definition) is 1. The van der Waals surface area contributed by atoms with Crippen LogP contribution in [-0.2, 0) is 6.42 Å². The van der Waals surface area contributed by atoms with Crippen molar-refractivity contribution in [3.63, 3.8) is 0 Å². The maximum absolute atomic E-state index is 13.2. The Morgan fingerprint density at radius 3 is 2.85 bits per heavy atom. The largest absolute Gasteiger partial charge is 0.324 e. The average molecular weight is 267 g/mol. The number of halogens is 3. The summed E-state index contributed by atoms with van der Waals surface area (Å²) < 4.78 is 14.0. The molecular formula is C9H10BrClFN. The summed E-state index contributed by atoms with van der Waals surface area (Å²) in [6.45, 7) is 0. The van der Waals surface area contributed by atoms with E-state index in [-0.39, 0.29) is 24.3 Å². The highest BCUT2D eigenvalue weighted by molar-refractivity contribution is 9.10. The minimum Gasteiger partial charge on any atom is -0.324 e. The molecular weight excluding hydrogens is 256 g/mol. The van der Waals surface area contributed by atoms with Gasteiger partial charge in [0.05, 0.1) is 0 Å². The van der Waals surface area contributed by atoms with Gasteiger partial charge in [-0.3, -0.25) is 0 Å². The maximum Gasteiger partial charge on any atom is 0.127 e. The van der Waals surface area contributed by atoms with Gasteiger partial charge in [-0.2, -0.15) is 0 Å². The summed E-state index contributed by atoms with van der Waals surface area (Å²) >= 11 is 3.25. The molecule has 1 aromatic rings. The third kappa shape index (κ3) is 1.87. The predicted octanol–water partition coefficient (Wildman–Crippen LogP) is 2.96. The molecule has 0 radical (unpaired) electrons. The molecule has 1 nitrogen and oxygen atoms in total. The van der Waals surface area contributed by atoms with E-state index in [1.54, 1.807) is 0 Å². The van der Waals surface area contributed by atoms with Crippen molar-refractivity contribution in [3.05, 3.63) is 33.5 Å². The predicted molar refractivity (Wildman–Crippen MR) is 56.6 cm³/mol. The van der Waals surface area contributed by atoms with Gasteiger partial charge in [-0.15, -0.1) is 12.4 Å². The lowest BCUT2D eigenvalue weighted by Gasteiger charge is -2.05. The highest BCUT2D eigenvalue weighted by atomic mass is 79.9. The molecule has 0 spiro atoms. The summed E-state index contributed by atoms with van der Waals surface area (Å²) in [5.41, 5.74) is 7.55. The first-order valence-corrected chi connectivity index (χ1v) is 4.71. The quantitative estimate of drug-likeness (QED) is 0.768. The molecule has 13 heavy (non-hydrogen) atoms. The van der Waals surface area contributed by atoms with Crippen molar-refractivity contribution in [3.8, 4) is 0 Å². The molecule has 0 aliphatic heterocycles. The number of rotatable bonds is 0. The van der Waals surface area contributed by atoms with E-state index in [1.165, 1.54) is 6.07 Å². The second-order valence-electron chi connectivity index (χ2n) is 3.10. The van der Waals surface area contributed by atoms with E-state index in [9.17, 15) is 4.39 Å². The Morgan fingerprint density at radius 1 is 1.46 bits per heavy atom. The molecule has 1 aliphatic rings. The van der Waals surface area contributed by atoms with E-state index in [0.717, 1.165) is 28.4 Å². The van der Waals surface area contributed by atoms with E-state index in [4.69, 9.17) is 5.73 Å². The molecule has 0 saturated carbocycles. The second kappa shape index (κ2) is 3.95. The Bertz CT molecular complexity index is 330. The molecule has 2 rings (SSSR count). The molecule has 0 fully saturated rings. The molecule has 72 valence electrons. The van der Waals surface area contributed by atoms with E-state index in [1.807, 2.05) is 6.07 Å². The van der Waals surface area contributed by atoms with Crippen LogP contribution in [0, 0.1) is 5.82 Å². The monoisotopic (exact) mass is 265 g/mol. The molecule has 0 heterocycles. The first kappa shape index (κ1) is 11.0. The molecule has 1 atom stereocenters. The first-order chi connectivity index (χ1) is 5.68. The summed E-state index contributed by atoms with van der Waals surface area (Å²) in [6, 6.07) is 3.43. The summed E-state index contributed by atoms with van der Waals surface area (Å²) in [5, 5.41) is 0. The summed E-state index contributed by atoms with van der Waals surface area (Å²) in [7, 11) is 0. The molecule has 2 N–H and O–H groups in total. The van der Waals surface area contributed by atoms with E-state index >= 15 is 0 Å². The lowest BCUT2D eigenvalue weighted by Crippen LogP contribution is -2.05. The van der Waals surface area contributed by atoms with Gasteiger partial charge in [0.1, 0.15) is 5.82 Å². The van der Waals surface area contributed by atoms with Crippen molar-refractivity contribution < 1.29 is 4.39 Å². The minimum atomic E-state index is -0.132. The molecule has 0 bridgehead atoms.